The molecule has 1 aliphatic rings. The standard InChI is InChI=1S/C25H24N6O4S/c1-14-20(24(32)28-16-7-5-9-26-13-16)21(19-8-6-10-36-19)31-25(27-14)29-23(30-31)15-11-17(33-2)22(35-4)18(12-15)34-3/h5-13,21H,1-4H3,(H,28,32)(H,27,29,30). The van der Waals surface area contributed by atoms with Crippen LogP contribution in [0, 0.1) is 0 Å². The fraction of sp³-hybridized carbons (Fsp3) is 0.200. The molecule has 0 saturated heterocycles. The molecule has 11 heteroatoms. The molecule has 0 bridgehead atoms. The number of hydrogen-bond acceptors (Lipinski definition) is 9. The molecule has 3 aromatic heterocycles. The smallest absolute Gasteiger partial charge is 0.255 e. The minimum atomic E-state index is -0.471. The number of nitrogens with zero attached hydrogens (tertiary/aromatic N) is 4. The number of fused-ring (bicyclic) bond motifs is 1. The van der Waals surface area contributed by atoms with Gasteiger partial charge in [0.05, 0.1) is 38.8 Å². The number of hydrogen-bond donors (Lipinski definition) is 2. The Kier molecular flexibility index (Phi) is 6.30. The summed E-state index contributed by atoms with van der Waals surface area (Å²) in [6, 6.07) is 10.6. The highest BCUT2D eigenvalue weighted by molar-refractivity contribution is 7.10. The number of methoxy groups -OCH3 is 3. The van der Waals surface area contributed by atoms with Gasteiger partial charge in [-0.15, -0.1) is 16.4 Å². The largest absolute Gasteiger partial charge is 0.493 e. The van der Waals surface area contributed by atoms with Crippen LogP contribution in [0.2, 0.25) is 0 Å². The van der Waals surface area contributed by atoms with E-state index in [1.165, 1.54) is 0 Å². The van der Waals surface area contributed by atoms with Crippen LogP contribution in [0.25, 0.3) is 11.4 Å². The second-order valence-electron chi connectivity index (χ2n) is 7.90. The molecule has 0 radical (unpaired) electrons. The van der Waals surface area contributed by atoms with Crippen LogP contribution in [0.5, 0.6) is 17.2 Å². The highest BCUT2D eigenvalue weighted by Crippen LogP contribution is 2.42. The van der Waals surface area contributed by atoms with Crippen molar-refractivity contribution in [3.8, 4) is 28.6 Å². The van der Waals surface area contributed by atoms with Gasteiger partial charge >= 0.3 is 0 Å². The summed E-state index contributed by atoms with van der Waals surface area (Å²) >= 11 is 1.55. The van der Waals surface area contributed by atoms with Crippen LogP contribution in [-0.4, -0.2) is 47.0 Å². The predicted octanol–water partition coefficient (Wildman–Crippen LogP) is 4.36. The Labute approximate surface area is 211 Å². The first-order chi connectivity index (χ1) is 17.5. The number of carbonyl (C=O) groups is 1. The Morgan fingerprint density at radius 2 is 1.89 bits per heavy atom. The molecular weight excluding hydrogens is 480 g/mol. The Bertz CT molecular complexity index is 1410. The van der Waals surface area contributed by atoms with Crippen molar-refractivity contribution in [3.05, 3.63) is 70.3 Å². The van der Waals surface area contributed by atoms with E-state index in [1.807, 2.05) is 24.4 Å². The zero-order chi connectivity index (χ0) is 25.2. The molecule has 36 heavy (non-hydrogen) atoms. The number of allylic oxidation sites excluding steroid dienone is 1. The van der Waals surface area contributed by atoms with Gasteiger partial charge in [0.15, 0.2) is 17.3 Å². The lowest BCUT2D eigenvalue weighted by Gasteiger charge is -2.27. The van der Waals surface area contributed by atoms with Crippen LogP contribution >= 0.6 is 11.3 Å². The summed E-state index contributed by atoms with van der Waals surface area (Å²) < 4.78 is 18.2. The van der Waals surface area contributed by atoms with E-state index in [0.717, 1.165) is 4.88 Å². The van der Waals surface area contributed by atoms with Crippen LogP contribution in [0.15, 0.2) is 65.4 Å². The van der Waals surface area contributed by atoms with Gasteiger partial charge in [-0.1, -0.05) is 6.07 Å². The monoisotopic (exact) mass is 504 g/mol. The molecule has 0 fully saturated rings. The number of rotatable bonds is 7. The van der Waals surface area contributed by atoms with Crippen LogP contribution in [0.4, 0.5) is 11.6 Å². The highest BCUT2D eigenvalue weighted by atomic mass is 32.1. The third-order valence-electron chi connectivity index (χ3n) is 5.75. The lowest BCUT2D eigenvalue weighted by atomic mass is 10.0. The minimum absolute atomic E-state index is 0.248. The quantitative estimate of drug-likeness (QED) is 0.382. The molecule has 0 spiro atoms. The highest BCUT2D eigenvalue weighted by Gasteiger charge is 2.35. The predicted molar refractivity (Wildman–Crippen MR) is 137 cm³/mol. The molecule has 0 saturated carbocycles. The first-order valence-corrected chi connectivity index (χ1v) is 11.9. The zero-order valence-corrected chi connectivity index (χ0v) is 20.9. The van der Waals surface area contributed by atoms with Crippen molar-refractivity contribution < 1.29 is 19.0 Å². The Morgan fingerprint density at radius 1 is 1.11 bits per heavy atom. The van der Waals surface area contributed by atoms with E-state index in [0.29, 0.717) is 51.5 Å². The molecule has 1 aliphatic heterocycles. The summed E-state index contributed by atoms with van der Waals surface area (Å²) in [6.45, 7) is 1.86. The van der Waals surface area contributed by atoms with Gasteiger partial charge in [0.1, 0.15) is 6.04 Å². The number of thiophene rings is 1. The van der Waals surface area contributed by atoms with Crippen LogP contribution in [0.1, 0.15) is 17.8 Å². The summed E-state index contributed by atoms with van der Waals surface area (Å²) in [6.07, 6.45) is 3.26. The summed E-state index contributed by atoms with van der Waals surface area (Å²) in [5.74, 6) is 2.19. The van der Waals surface area contributed by atoms with Crippen molar-refractivity contribution in [3.63, 3.8) is 0 Å². The van der Waals surface area contributed by atoms with Crippen LogP contribution in [-0.2, 0) is 4.79 Å². The lowest BCUT2D eigenvalue weighted by molar-refractivity contribution is -0.113. The second kappa shape index (κ2) is 9.70. The van der Waals surface area contributed by atoms with Crippen LogP contribution < -0.4 is 24.8 Å². The first-order valence-electron chi connectivity index (χ1n) is 11.0. The van der Waals surface area contributed by atoms with E-state index in [9.17, 15) is 4.79 Å². The van der Waals surface area contributed by atoms with Crippen molar-refractivity contribution in [2.45, 2.75) is 13.0 Å². The molecule has 1 aromatic carbocycles. The van der Waals surface area contributed by atoms with Gasteiger partial charge in [-0.05, 0) is 42.6 Å². The fourth-order valence-corrected chi connectivity index (χ4v) is 4.94. The average molecular weight is 505 g/mol. The Morgan fingerprint density at radius 3 is 2.50 bits per heavy atom. The van der Waals surface area contributed by atoms with Gasteiger partial charge in [0, 0.05) is 22.3 Å². The van der Waals surface area contributed by atoms with Gasteiger partial charge in [-0.25, -0.2) is 4.68 Å². The number of pyridine rings is 1. The maximum absolute atomic E-state index is 13.5. The number of nitrogens with one attached hydrogen (secondary N) is 2. The average Bonchev–Trinajstić information content (AvgIpc) is 3.57. The Hall–Kier alpha value is -4.38. The summed E-state index contributed by atoms with van der Waals surface area (Å²) in [5.41, 5.74) is 2.51. The van der Waals surface area contributed by atoms with Gasteiger partial charge in [0.25, 0.3) is 5.91 Å². The van der Waals surface area contributed by atoms with Crippen LogP contribution in [0.3, 0.4) is 0 Å². The van der Waals surface area contributed by atoms with Crippen molar-refractivity contribution in [2.24, 2.45) is 0 Å². The lowest BCUT2D eigenvalue weighted by Crippen LogP contribution is -2.31. The number of amides is 1. The molecule has 184 valence electrons. The van der Waals surface area contributed by atoms with Crippen molar-refractivity contribution in [1.82, 2.24) is 19.7 Å². The number of anilines is 2. The third-order valence-corrected chi connectivity index (χ3v) is 6.68. The van der Waals surface area contributed by atoms with E-state index in [4.69, 9.17) is 24.3 Å². The van der Waals surface area contributed by atoms with E-state index in [1.54, 1.807) is 74.0 Å². The van der Waals surface area contributed by atoms with Gasteiger partial charge in [-0.2, -0.15) is 4.98 Å². The molecule has 1 amide bonds. The van der Waals surface area contributed by atoms with Gasteiger partial charge in [-0.3, -0.25) is 9.78 Å². The number of aromatic nitrogens is 4. The molecule has 0 aliphatic carbocycles. The number of ether oxygens (including phenoxy) is 3. The maximum atomic E-state index is 13.5. The Balaban J connectivity index is 1.59. The SMILES string of the molecule is COc1cc(-c2nc3n(n2)C(c2cccs2)C(C(=O)Nc2cccnc2)=C(C)N3)cc(OC)c1OC. The van der Waals surface area contributed by atoms with E-state index >= 15 is 0 Å². The molecule has 2 N–H and O–H groups in total. The minimum Gasteiger partial charge on any atom is -0.493 e. The fourth-order valence-electron chi connectivity index (χ4n) is 4.12. The van der Waals surface area contributed by atoms with E-state index in [-0.39, 0.29) is 5.91 Å². The topological polar surface area (TPSA) is 112 Å². The molecule has 1 atom stereocenters. The summed E-state index contributed by atoms with van der Waals surface area (Å²) in [5, 5.41) is 13.0. The molecule has 1 unspecified atom stereocenters. The molecule has 4 aromatic rings. The van der Waals surface area contributed by atoms with Crippen molar-refractivity contribution >= 4 is 28.9 Å². The first kappa shape index (κ1) is 23.4. The third kappa shape index (κ3) is 4.13. The van der Waals surface area contributed by atoms with Gasteiger partial charge < -0.3 is 24.8 Å². The van der Waals surface area contributed by atoms with Crippen molar-refractivity contribution in [1.29, 1.82) is 0 Å². The molecular formula is C25H24N6O4S. The summed E-state index contributed by atoms with van der Waals surface area (Å²) in [7, 11) is 4.67. The summed E-state index contributed by atoms with van der Waals surface area (Å²) in [4.78, 5) is 23.2. The molecule has 10 nitrogen and oxygen atoms in total. The molecule has 4 heterocycles. The number of carbonyl (C=O) groups excluding carboxylic acids is 1. The number of benzene rings is 1. The van der Waals surface area contributed by atoms with Crippen molar-refractivity contribution in [2.75, 3.05) is 32.0 Å². The van der Waals surface area contributed by atoms with E-state index < -0.39 is 6.04 Å². The van der Waals surface area contributed by atoms with E-state index in [2.05, 4.69) is 15.6 Å². The maximum Gasteiger partial charge on any atom is 0.255 e. The normalized spacial score (nSPS) is 14.6. The zero-order valence-electron chi connectivity index (χ0n) is 20.1. The molecule has 5 rings (SSSR count). The second-order valence-corrected chi connectivity index (χ2v) is 8.87. The van der Waals surface area contributed by atoms with Gasteiger partial charge in [0.2, 0.25) is 11.7 Å².